The standard InChI is InChI=1S/C16H25N3O3S/c1-16(2,14-5-4-6-15(18-14)22-3)11-17-23(20,21)19-9-12-7-8-13(12)10-19/h4-6,12-13,17H,7-11H2,1-3H3/t12-,13+. The molecule has 2 fully saturated rings. The molecule has 2 heterocycles. The summed E-state index contributed by atoms with van der Waals surface area (Å²) in [6, 6.07) is 5.55. The van der Waals surface area contributed by atoms with Crippen molar-refractivity contribution in [3.05, 3.63) is 23.9 Å². The second kappa shape index (κ2) is 6.03. The van der Waals surface area contributed by atoms with Crippen LogP contribution in [0.4, 0.5) is 0 Å². The van der Waals surface area contributed by atoms with Gasteiger partial charge in [-0.2, -0.15) is 12.7 Å². The minimum Gasteiger partial charge on any atom is -0.481 e. The Morgan fingerprint density at radius 1 is 1.30 bits per heavy atom. The zero-order chi connectivity index (χ0) is 16.7. The van der Waals surface area contributed by atoms with Crippen LogP contribution in [0.3, 0.4) is 0 Å². The van der Waals surface area contributed by atoms with Gasteiger partial charge in [-0.1, -0.05) is 19.9 Å². The third-order valence-electron chi connectivity index (χ3n) is 5.11. The van der Waals surface area contributed by atoms with Gasteiger partial charge in [0, 0.05) is 31.1 Å². The van der Waals surface area contributed by atoms with E-state index in [1.807, 2.05) is 26.0 Å². The van der Waals surface area contributed by atoms with Crippen molar-refractivity contribution >= 4 is 10.2 Å². The predicted octanol–water partition coefficient (Wildman–Crippen LogP) is 1.54. The summed E-state index contributed by atoms with van der Waals surface area (Å²) in [6.45, 7) is 5.59. The normalized spacial score (nSPS) is 25.0. The van der Waals surface area contributed by atoms with Crippen molar-refractivity contribution in [3.63, 3.8) is 0 Å². The summed E-state index contributed by atoms with van der Waals surface area (Å²) < 4.78 is 34.6. The molecule has 128 valence electrons. The topological polar surface area (TPSA) is 71.5 Å². The summed E-state index contributed by atoms with van der Waals surface area (Å²) >= 11 is 0. The number of rotatable bonds is 6. The Balaban J connectivity index is 1.66. The molecule has 2 atom stereocenters. The Hall–Kier alpha value is -1.18. The zero-order valence-electron chi connectivity index (χ0n) is 13.9. The quantitative estimate of drug-likeness (QED) is 0.853. The maximum atomic E-state index is 12.5. The molecule has 23 heavy (non-hydrogen) atoms. The maximum absolute atomic E-state index is 12.5. The SMILES string of the molecule is COc1cccc(C(C)(C)CNS(=O)(=O)N2C[C@H]3CC[C@H]3C2)n1. The first-order valence-electron chi connectivity index (χ1n) is 8.08. The van der Waals surface area contributed by atoms with Crippen LogP contribution in [0.1, 0.15) is 32.4 Å². The number of fused-ring (bicyclic) bond motifs is 1. The number of ether oxygens (including phenoxy) is 1. The van der Waals surface area contributed by atoms with Crippen LogP contribution in [0, 0.1) is 11.8 Å². The van der Waals surface area contributed by atoms with Gasteiger partial charge in [-0.3, -0.25) is 0 Å². The van der Waals surface area contributed by atoms with Gasteiger partial charge in [-0.25, -0.2) is 9.71 Å². The van der Waals surface area contributed by atoms with E-state index in [1.54, 1.807) is 17.5 Å². The second-order valence-corrected chi connectivity index (χ2v) is 8.94. The molecular formula is C16H25N3O3S. The number of aromatic nitrogens is 1. The minimum atomic E-state index is -3.42. The molecular weight excluding hydrogens is 314 g/mol. The first kappa shape index (κ1) is 16.7. The fraction of sp³-hybridized carbons (Fsp3) is 0.688. The maximum Gasteiger partial charge on any atom is 0.279 e. The lowest BCUT2D eigenvalue weighted by Gasteiger charge is -2.27. The summed E-state index contributed by atoms with van der Waals surface area (Å²) in [5.74, 6) is 1.67. The molecule has 2 aliphatic rings. The van der Waals surface area contributed by atoms with Crippen LogP contribution in [0.25, 0.3) is 0 Å². The van der Waals surface area contributed by atoms with Gasteiger partial charge in [0.05, 0.1) is 12.8 Å². The predicted molar refractivity (Wildman–Crippen MR) is 88.5 cm³/mol. The van der Waals surface area contributed by atoms with Gasteiger partial charge in [0.15, 0.2) is 0 Å². The van der Waals surface area contributed by atoms with E-state index in [1.165, 1.54) is 0 Å². The van der Waals surface area contributed by atoms with Crippen molar-refractivity contribution in [3.8, 4) is 5.88 Å². The van der Waals surface area contributed by atoms with Crippen LogP contribution in [0.2, 0.25) is 0 Å². The van der Waals surface area contributed by atoms with Crippen molar-refractivity contribution in [2.45, 2.75) is 32.1 Å². The number of methoxy groups -OCH3 is 1. The third kappa shape index (κ3) is 3.36. The van der Waals surface area contributed by atoms with Gasteiger partial charge in [0.1, 0.15) is 0 Å². The van der Waals surface area contributed by atoms with Crippen LogP contribution >= 0.6 is 0 Å². The Morgan fingerprint density at radius 2 is 1.96 bits per heavy atom. The lowest BCUT2D eigenvalue weighted by atomic mass is 9.77. The Labute approximate surface area is 138 Å². The molecule has 1 saturated heterocycles. The van der Waals surface area contributed by atoms with E-state index >= 15 is 0 Å². The molecule has 1 aromatic rings. The average molecular weight is 339 g/mol. The molecule has 0 radical (unpaired) electrons. The first-order chi connectivity index (χ1) is 10.8. The summed E-state index contributed by atoms with van der Waals surface area (Å²) in [5, 5.41) is 0. The first-order valence-corrected chi connectivity index (χ1v) is 9.52. The fourth-order valence-electron chi connectivity index (χ4n) is 3.27. The van der Waals surface area contributed by atoms with Crippen molar-refractivity contribution in [2.75, 3.05) is 26.7 Å². The van der Waals surface area contributed by atoms with E-state index in [-0.39, 0.29) is 0 Å². The third-order valence-corrected chi connectivity index (χ3v) is 6.60. The molecule has 0 bridgehead atoms. The fourth-order valence-corrected chi connectivity index (χ4v) is 4.77. The van der Waals surface area contributed by atoms with Crippen LogP contribution in [0.5, 0.6) is 5.88 Å². The molecule has 1 aliphatic heterocycles. The van der Waals surface area contributed by atoms with Crippen molar-refractivity contribution in [1.29, 1.82) is 0 Å². The molecule has 1 aromatic heterocycles. The average Bonchev–Trinajstić information content (AvgIpc) is 2.81. The number of hydrogen-bond donors (Lipinski definition) is 1. The number of nitrogens with zero attached hydrogens (tertiary/aromatic N) is 2. The highest BCUT2D eigenvalue weighted by Gasteiger charge is 2.43. The molecule has 1 aliphatic carbocycles. The highest BCUT2D eigenvalue weighted by Crippen LogP contribution is 2.41. The Kier molecular flexibility index (Phi) is 4.37. The highest BCUT2D eigenvalue weighted by molar-refractivity contribution is 7.87. The molecule has 0 spiro atoms. The van der Waals surface area contributed by atoms with E-state index in [0.717, 1.165) is 18.5 Å². The van der Waals surface area contributed by atoms with Crippen molar-refractivity contribution < 1.29 is 13.2 Å². The van der Waals surface area contributed by atoms with Crippen LogP contribution in [-0.4, -0.2) is 44.5 Å². The molecule has 6 nitrogen and oxygen atoms in total. The Morgan fingerprint density at radius 3 is 2.52 bits per heavy atom. The number of hydrogen-bond acceptors (Lipinski definition) is 4. The smallest absolute Gasteiger partial charge is 0.279 e. The zero-order valence-corrected chi connectivity index (χ0v) is 14.8. The molecule has 0 unspecified atom stereocenters. The molecule has 1 saturated carbocycles. The molecule has 3 rings (SSSR count). The minimum absolute atomic E-state index is 0.307. The van der Waals surface area contributed by atoms with Crippen LogP contribution in [-0.2, 0) is 15.6 Å². The largest absolute Gasteiger partial charge is 0.481 e. The van der Waals surface area contributed by atoms with E-state index < -0.39 is 15.6 Å². The van der Waals surface area contributed by atoms with Crippen LogP contribution < -0.4 is 9.46 Å². The number of pyridine rings is 1. The monoisotopic (exact) mass is 339 g/mol. The van der Waals surface area contributed by atoms with Gasteiger partial charge < -0.3 is 4.74 Å². The summed E-state index contributed by atoms with van der Waals surface area (Å²) in [5.41, 5.74) is 0.390. The van der Waals surface area contributed by atoms with Gasteiger partial charge in [-0.05, 0) is 30.7 Å². The molecule has 7 heteroatoms. The summed E-state index contributed by atoms with van der Waals surface area (Å²) in [4.78, 5) is 4.42. The van der Waals surface area contributed by atoms with E-state index in [2.05, 4.69) is 9.71 Å². The van der Waals surface area contributed by atoms with E-state index in [0.29, 0.717) is 37.4 Å². The number of nitrogens with one attached hydrogen (secondary N) is 1. The van der Waals surface area contributed by atoms with Crippen LogP contribution in [0.15, 0.2) is 18.2 Å². The van der Waals surface area contributed by atoms with Gasteiger partial charge in [0.25, 0.3) is 10.2 Å². The molecule has 0 aromatic carbocycles. The lowest BCUT2D eigenvalue weighted by Crippen LogP contribution is -2.44. The van der Waals surface area contributed by atoms with Crippen molar-refractivity contribution in [2.24, 2.45) is 11.8 Å². The van der Waals surface area contributed by atoms with Gasteiger partial charge in [-0.15, -0.1) is 0 Å². The Bertz CT molecular complexity index is 663. The van der Waals surface area contributed by atoms with Gasteiger partial charge >= 0.3 is 0 Å². The highest BCUT2D eigenvalue weighted by atomic mass is 32.2. The summed E-state index contributed by atoms with van der Waals surface area (Å²) in [6.07, 6.45) is 2.33. The van der Waals surface area contributed by atoms with E-state index in [4.69, 9.17) is 4.74 Å². The van der Waals surface area contributed by atoms with E-state index in [9.17, 15) is 8.42 Å². The molecule has 1 N–H and O–H groups in total. The summed E-state index contributed by atoms with van der Waals surface area (Å²) in [7, 11) is -1.85. The second-order valence-electron chi connectivity index (χ2n) is 7.19. The van der Waals surface area contributed by atoms with Crippen molar-refractivity contribution in [1.82, 2.24) is 14.0 Å². The molecule has 0 amide bonds. The van der Waals surface area contributed by atoms with Gasteiger partial charge in [0.2, 0.25) is 5.88 Å². The lowest BCUT2D eigenvalue weighted by molar-refractivity contribution is 0.243.